The molecule has 0 aliphatic carbocycles. The minimum absolute atomic E-state index is 0.268. The summed E-state index contributed by atoms with van der Waals surface area (Å²) in [6.45, 7) is -0.268. The second kappa shape index (κ2) is 5.75. The van der Waals surface area contributed by atoms with Crippen LogP contribution in [0.15, 0.2) is 18.2 Å². The average molecular weight is 220 g/mol. The van der Waals surface area contributed by atoms with Crippen LogP contribution in [0.5, 0.6) is 5.75 Å². The minimum Gasteiger partial charge on any atom is -0.497 e. The number of hydrazine groups is 1. The van der Waals surface area contributed by atoms with Crippen molar-refractivity contribution in [3.8, 4) is 17.6 Å². The van der Waals surface area contributed by atoms with E-state index in [-0.39, 0.29) is 6.61 Å². The Labute approximate surface area is 93.2 Å². The molecular formula is C11H12N2O3. The number of aliphatic hydroxyl groups is 1. The number of hydrogen-bond acceptors (Lipinski definition) is 4. The van der Waals surface area contributed by atoms with Crippen LogP contribution in [-0.2, 0) is 0 Å². The summed E-state index contributed by atoms with van der Waals surface area (Å²) in [6.07, 6.45) is 0. The SMILES string of the molecule is COc1ccc(C#CCO)c(C(=O)NN)c1. The number of nitrogens with one attached hydrogen (secondary N) is 1. The Morgan fingerprint density at radius 3 is 2.94 bits per heavy atom. The first kappa shape index (κ1) is 12.0. The molecule has 1 amide bonds. The molecule has 1 aromatic rings. The average Bonchev–Trinajstić information content (AvgIpc) is 2.35. The first-order valence-electron chi connectivity index (χ1n) is 4.51. The maximum atomic E-state index is 11.4. The van der Waals surface area contributed by atoms with Crippen molar-refractivity contribution < 1.29 is 14.6 Å². The van der Waals surface area contributed by atoms with Crippen molar-refractivity contribution in [2.24, 2.45) is 5.84 Å². The predicted molar refractivity (Wildman–Crippen MR) is 58.6 cm³/mol. The molecule has 4 N–H and O–H groups in total. The highest BCUT2D eigenvalue weighted by molar-refractivity contribution is 5.96. The highest BCUT2D eigenvalue weighted by Crippen LogP contribution is 2.16. The lowest BCUT2D eigenvalue weighted by molar-refractivity contribution is 0.0953. The zero-order valence-electron chi connectivity index (χ0n) is 8.78. The molecule has 0 saturated heterocycles. The van der Waals surface area contributed by atoms with E-state index in [0.717, 1.165) is 0 Å². The fraction of sp³-hybridized carbons (Fsp3) is 0.182. The summed E-state index contributed by atoms with van der Waals surface area (Å²) < 4.78 is 4.99. The Bertz CT molecular complexity index is 446. The van der Waals surface area contributed by atoms with Gasteiger partial charge in [0.1, 0.15) is 12.4 Å². The molecule has 0 saturated carbocycles. The Kier molecular flexibility index (Phi) is 4.33. The van der Waals surface area contributed by atoms with Crippen LogP contribution in [0.1, 0.15) is 15.9 Å². The molecule has 1 aromatic carbocycles. The van der Waals surface area contributed by atoms with Crippen LogP contribution >= 0.6 is 0 Å². The molecule has 5 heteroatoms. The van der Waals surface area contributed by atoms with E-state index in [1.807, 2.05) is 5.43 Å². The van der Waals surface area contributed by atoms with Gasteiger partial charge in [0.25, 0.3) is 5.91 Å². The fourth-order valence-corrected chi connectivity index (χ4v) is 1.16. The Morgan fingerprint density at radius 1 is 1.62 bits per heavy atom. The summed E-state index contributed by atoms with van der Waals surface area (Å²) in [6, 6.07) is 4.84. The van der Waals surface area contributed by atoms with Gasteiger partial charge in [-0.15, -0.1) is 0 Å². The van der Waals surface area contributed by atoms with Crippen LogP contribution in [0.4, 0.5) is 0 Å². The van der Waals surface area contributed by atoms with Crippen LogP contribution in [0, 0.1) is 11.8 Å². The van der Waals surface area contributed by atoms with Crippen LogP contribution in [0.3, 0.4) is 0 Å². The molecule has 16 heavy (non-hydrogen) atoms. The van der Waals surface area contributed by atoms with Gasteiger partial charge in [-0.25, -0.2) is 5.84 Å². The molecule has 0 aliphatic heterocycles. The van der Waals surface area contributed by atoms with Crippen molar-refractivity contribution in [3.05, 3.63) is 29.3 Å². The van der Waals surface area contributed by atoms with Crippen molar-refractivity contribution in [2.75, 3.05) is 13.7 Å². The molecule has 0 unspecified atom stereocenters. The lowest BCUT2D eigenvalue weighted by Crippen LogP contribution is -2.30. The first-order chi connectivity index (χ1) is 7.72. The van der Waals surface area contributed by atoms with Gasteiger partial charge in [0.15, 0.2) is 0 Å². The molecule has 0 spiro atoms. The number of rotatable bonds is 2. The van der Waals surface area contributed by atoms with Crippen LogP contribution in [-0.4, -0.2) is 24.7 Å². The van der Waals surface area contributed by atoms with E-state index in [2.05, 4.69) is 11.8 Å². The third kappa shape index (κ3) is 2.73. The molecule has 0 aromatic heterocycles. The zero-order valence-corrected chi connectivity index (χ0v) is 8.78. The van der Waals surface area contributed by atoms with Gasteiger partial charge >= 0.3 is 0 Å². The fourth-order valence-electron chi connectivity index (χ4n) is 1.16. The quantitative estimate of drug-likeness (QED) is 0.275. The van der Waals surface area contributed by atoms with Crippen LogP contribution < -0.4 is 16.0 Å². The molecule has 5 nitrogen and oxygen atoms in total. The second-order valence-corrected chi connectivity index (χ2v) is 2.84. The molecule has 1 rings (SSSR count). The second-order valence-electron chi connectivity index (χ2n) is 2.84. The third-order valence-corrected chi connectivity index (χ3v) is 1.90. The Morgan fingerprint density at radius 2 is 2.38 bits per heavy atom. The number of carbonyl (C=O) groups excluding carboxylic acids is 1. The summed E-state index contributed by atoms with van der Waals surface area (Å²) in [5, 5.41) is 8.59. The first-order valence-corrected chi connectivity index (χ1v) is 4.51. The lowest BCUT2D eigenvalue weighted by Gasteiger charge is -2.05. The monoisotopic (exact) mass is 220 g/mol. The van der Waals surface area contributed by atoms with Gasteiger partial charge in [0, 0.05) is 5.56 Å². The van der Waals surface area contributed by atoms with Gasteiger partial charge < -0.3 is 9.84 Å². The number of benzene rings is 1. The third-order valence-electron chi connectivity index (χ3n) is 1.90. The number of methoxy groups -OCH3 is 1. The van der Waals surface area contributed by atoms with Gasteiger partial charge in [-0.2, -0.15) is 0 Å². The van der Waals surface area contributed by atoms with Gasteiger partial charge in [-0.05, 0) is 18.2 Å². The topological polar surface area (TPSA) is 84.6 Å². The summed E-state index contributed by atoms with van der Waals surface area (Å²) in [4.78, 5) is 11.4. The minimum atomic E-state index is -0.457. The molecule has 0 radical (unpaired) electrons. The smallest absolute Gasteiger partial charge is 0.266 e. The van der Waals surface area contributed by atoms with Gasteiger partial charge in [0.05, 0.1) is 12.7 Å². The van der Waals surface area contributed by atoms with E-state index in [0.29, 0.717) is 16.9 Å². The molecule has 0 atom stereocenters. The van der Waals surface area contributed by atoms with Gasteiger partial charge in [0.2, 0.25) is 0 Å². The number of hydrogen-bond donors (Lipinski definition) is 3. The molecule has 0 bridgehead atoms. The number of nitrogens with two attached hydrogens (primary N) is 1. The van der Waals surface area contributed by atoms with Crippen molar-refractivity contribution in [2.45, 2.75) is 0 Å². The Balaban J connectivity index is 3.21. The Hall–Kier alpha value is -2.03. The number of nitrogen functional groups attached to an aromatic ring is 1. The van der Waals surface area contributed by atoms with Crippen LogP contribution in [0.2, 0.25) is 0 Å². The van der Waals surface area contributed by atoms with E-state index in [9.17, 15) is 4.79 Å². The van der Waals surface area contributed by atoms with Crippen LogP contribution in [0.25, 0.3) is 0 Å². The molecule has 84 valence electrons. The zero-order chi connectivity index (χ0) is 12.0. The molecular weight excluding hydrogens is 208 g/mol. The van der Waals surface area contributed by atoms with E-state index in [1.165, 1.54) is 13.2 Å². The predicted octanol–water partition coefficient (Wildman–Crippen LogP) is -0.358. The summed E-state index contributed by atoms with van der Waals surface area (Å²) in [5.74, 6) is 10.3. The van der Waals surface area contributed by atoms with E-state index < -0.39 is 5.91 Å². The maximum absolute atomic E-state index is 11.4. The van der Waals surface area contributed by atoms with Crippen molar-refractivity contribution in [1.29, 1.82) is 0 Å². The molecule has 0 heterocycles. The number of carbonyl (C=O) groups is 1. The van der Waals surface area contributed by atoms with Crippen molar-refractivity contribution >= 4 is 5.91 Å². The molecule has 0 aliphatic rings. The maximum Gasteiger partial charge on any atom is 0.266 e. The van der Waals surface area contributed by atoms with Gasteiger partial charge in [-0.3, -0.25) is 10.2 Å². The normalized spacial score (nSPS) is 8.94. The highest BCUT2D eigenvalue weighted by Gasteiger charge is 2.10. The van der Waals surface area contributed by atoms with Gasteiger partial charge in [-0.1, -0.05) is 11.8 Å². The summed E-state index contributed by atoms with van der Waals surface area (Å²) >= 11 is 0. The highest BCUT2D eigenvalue weighted by atomic mass is 16.5. The standard InChI is InChI=1S/C11H12N2O3/c1-16-9-5-4-8(3-2-6-14)10(7-9)11(15)13-12/h4-5,7,14H,6,12H2,1H3,(H,13,15). The largest absolute Gasteiger partial charge is 0.497 e. The van der Waals surface area contributed by atoms with E-state index in [4.69, 9.17) is 15.7 Å². The summed E-state index contributed by atoms with van der Waals surface area (Å²) in [5.41, 5.74) is 2.82. The van der Waals surface area contributed by atoms with Crippen molar-refractivity contribution in [1.82, 2.24) is 5.43 Å². The van der Waals surface area contributed by atoms with Crippen molar-refractivity contribution in [3.63, 3.8) is 0 Å². The number of ether oxygens (including phenoxy) is 1. The number of amides is 1. The number of aliphatic hydroxyl groups excluding tert-OH is 1. The summed E-state index contributed by atoms with van der Waals surface area (Å²) in [7, 11) is 1.50. The van der Waals surface area contributed by atoms with E-state index >= 15 is 0 Å². The molecule has 0 fully saturated rings. The van der Waals surface area contributed by atoms with E-state index in [1.54, 1.807) is 12.1 Å². The lowest BCUT2D eigenvalue weighted by atomic mass is 10.1.